The summed E-state index contributed by atoms with van der Waals surface area (Å²) in [6.07, 6.45) is 1.58. The highest BCUT2D eigenvalue weighted by Gasteiger charge is 2.20. The number of amides is 1. The first-order chi connectivity index (χ1) is 13.7. The summed E-state index contributed by atoms with van der Waals surface area (Å²) < 4.78 is 18.3. The molecule has 1 aromatic carbocycles. The lowest BCUT2D eigenvalue weighted by molar-refractivity contribution is -0.119. The van der Waals surface area contributed by atoms with Crippen LogP contribution >= 0.6 is 0 Å². The van der Waals surface area contributed by atoms with E-state index in [0.29, 0.717) is 12.3 Å². The van der Waals surface area contributed by atoms with Crippen molar-refractivity contribution in [1.82, 2.24) is 15.5 Å². The Hall–Kier alpha value is -3.03. The van der Waals surface area contributed by atoms with Gasteiger partial charge in [-0.3, -0.25) is 4.79 Å². The van der Waals surface area contributed by atoms with Crippen molar-refractivity contribution in [3.8, 4) is 0 Å². The molecule has 1 fully saturated rings. The Kier molecular flexibility index (Phi) is 6.89. The Labute approximate surface area is 164 Å². The number of nitrogens with zero attached hydrogens (tertiary/aromatic N) is 3. The summed E-state index contributed by atoms with van der Waals surface area (Å²) in [5.74, 6) is 1.06. The summed E-state index contributed by atoms with van der Waals surface area (Å²) in [6.45, 7) is 6.30. The number of halogens is 1. The second-order valence-corrected chi connectivity index (χ2v) is 6.48. The molecule has 1 saturated heterocycles. The highest BCUT2D eigenvalue weighted by atomic mass is 19.1. The monoisotopic (exact) mass is 387 g/mol. The van der Waals surface area contributed by atoms with Gasteiger partial charge in [0.05, 0.1) is 12.8 Å². The van der Waals surface area contributed by atoms with Crippen molar-refractivity contribution in [3.05, 3.63) is 54.2 Å². The van der Waals surface area contributed by atoms with Crippen molar-refractivity contribution >= 4 is 17.6 Å². The van der Waals surface area contributed by atoms with Gasteiger partial charge >= 0.3 is 0 Å². The van der Waals surface area contributed by atoms with E-state index < -0.39 is 0 Å². The molecule has 2 aromatic rings. The van der Waals surface area contributed by atoms with E-state index >= 15 is 0 Å². The summed E-state index contributed by atoms with van der Waals surface area (Å²) in [6, 6.07) is 10.2. The van der Waals surface area contributed by atoms with Crippen LogP contribution in [0.4, 0.5) is 10.1 Å². The Morgan fingerprint density at radius 2 is 1.89 bits per heavy atom. The Balaban J connectivity index is 1.51. The van der Waals surface area contributed by atoms with Gasteiger partial charge in [0.15, 0.2) is 5.96 Å². The van der Waals surface area contributed by atoms with Crippen LogP contribution in [0.5, 0.6) is 0 Å². The molecule has 0 radical (unpaired) electrons. The van der Waals surface area contributed by atoms with Gasteiger partial charge in [-0.05, 0) is 43.3 Å². The quantitative estimate of drug-likeness (QED) is 0.584. The maximum absolute atomic E-state index is 13.1. The number of benzene rings is 1. The molecule has 28 heavy (non-hydrogen) atoms. The average Bonchev–Trinajstić information content (AvgIpc) is 3.24. The zero-order valence-corrected chi connectivity index (χ0v) is 16.0. The highest BCUT2D eigenvalue weighted by Crippen LogP contribution is 2.16. The first kappa shape index (κ1) is 19.7. The summed E-state index contributed by atoms with van der Waals surface area (Å²) in [5, 5.41) is 6.04. The van der Waals surface area contributed by atoms with Gasteiger partial charge in [-0.15, -0.1) is 0 Å². The summed E-state index contributed by atoms with van der Waals surface area (Å²) in [7, 11) is 0. The molecule has 0 atom stereocenters. The van der Waals surface area contributed by atoms with Crippen molar-refractivity contribution < 1.29 is 13.6 Å². The largest absolute Gasteiger partial charge is 0.467 e. The van der Waals surface area contributed by atoms with Gasteiger partial charge in [-0.2, -0.15) is 0 Å². The molecule has 0 saturated carbocycles. The van der Waals surface area contributed by atoms with Crippen LogP contribution in [0.25, 0.3) is 0 Å². The van der Waals surface area contributed by atoms with Gasteiger partial charge in [0.25, 0.3) is 0 Å². The number of hydrogen-bond donors (Lipinski definition) is 2. The highest BCUT2D eigenvalue weighted by molar-refractivity contribution is 5.85. The van der Waals surface area contributed by atoms with Gasteiger partial charge in [0.2, 0.25) is 5.91 Å². The van der Waals surface area contributed by atoms with Gasteiger partial charge in [-0.25, -0.2) is 9.38 Å². The topological polar surface area (TPSA) is 73.1 Å². The van der Waals surface area contributed by atoms with Gasteiger partial charge in [0, 0.05) is 38.4 Å². The lowest BCUT2D eigenvalue weighted by Crippen LogP contribution is -2.52. The minimum atomic E-state index is -0.228. The molecule has 1 aliphatic rings. The van der Waals surface area contributed by atoms with Gasteiger partial charge in [-0.1, -0.05) is 0 Å². The maximum Gasteiger partial charge on any atom is 0.242 e. The number of nitrogens with one attached hydrogen (secondary N) is 2. The molecule has 7 nitrogen and oxygen atoms in total. The number of piperazine rings is 1. The van der Waals surface area contributed by atoms with E-state index in [0.717, 1.165) is 44.4 Å². The zero-order chi connectivity index (χ0) is 19.8. The Morgan fingerprint density at radius 1 is 1.14 bits per heavy atom. The molecule has 8 heteroatoms. The number of carbonyl (C=O) groups is 1. The first-order valence-electron chi connectivity index (χ1n) is 9.48. The van der Waals surface area contributed by atoms with Crippen LogP contribution in [0.1, 0.15) is 12.7 Å². The number of anilines is 1. The fourth-order valence-electron chi connectivity index (χ4n) is 3.06. The Bertz CT molecular complexity index is 768. The lowest BCUT2D eigenvalue weighted by atomic mass is 10.2. The van der Waals surface area contributed by atoms with E-state index in [2.05, 4.69) is 25.4 Å². The van der Waals surface area contributed by atoms with E-state index in [1.54, 1.807) is 24.5 Å². The predicted octanol–water partition coefficient (Wildman–Crippen LogP) is 1.82. The number of carbonyl (C=O) groups excluding carboxylic acids is 1. The summed E-state index contributed by atoms with van der Waals surface area (Å²) in [5.41, 5.74) is 1.01. The molecule has 1 aliphatic heterocycles. The third-order valence-corrected chi connectivity index (χ3v) is 4.52. The lowest BCUT2D eigenvalue weighted by Gasteiger charge is -2.37. The minimum Gasteiger partial charge on any atom is -0.467 e. The normalized spacial score (nSPS) is 14.9. The number of guanidine groups is 1. The van der Waals surface area contributed by atoms with Crippen molar-refractivity contribution in [2.45, 2.75) is 13.5 Å². The van der Waals surface area contributed by atoms with Gasteiger partial charge in [0.1, 0.15) is 18.1 Å². The molecule has 0 spiro atoms. The second-order valence-electron chi connectivity index (χ2n) is 6.48. The average molecular weight is 387 g/mol. The van der Waals surface area contributed by atoms with Crippen molar-refractivity contribution in [2.24, 2.45) is 4.99 Å². The Morgan fingerprint density at radius 3 is 2.54 bits per heavy atom. The number of hydrogen-bond acceptors (Lipinski definition) is 4. The van der Waals surface area contributed by atoms with Crippen LogP contribution in [0.15, 0.2) is 52.1 Å². The molecule has 1 aromatic heterocycles. The third kappa shape index (κ3) is 5.48. The smallest absolute Gasteiger partial charge is 0.242 e. The second kappa shape index (κ2) is 9.77. The molecule has 150 valence electrons. The van der Waals surface area contributed by atoms with Crippen LogP contribution in [0.3, 0.4) is 0 Å². The van der Waals surface area contributed by atoms with E-state index in [4.69, 9.17) is 4.42 Å². The van der Waals surface area contributed by atoms with Crippen molar-refractivity contribution in [1.29, 1.82) is 0 Å². The predicted molar refractivity (Wildman–Crippen MR) is 107 cm³/mol. The van der Waals surface area contributed by atoms with Crippen LogP contribution in [0, 0.1) is 5.82 Å². The van der Waals surface area contributed by atoms with Crippen molar-refractivity contribution in [2.75, 3.05) is 44.2 Å². The minimum absolute atomic E-state index is 0.0568. The van der Waals surface area contributed by atoms with E-state index in [1.807, 2.05) is 13.0 Å². The van der Waals surface area contributed by atoms with Crippen LogP contribution in [0.2, 0.25) is 0 Å². The fraction of sp³-hybridized carbons (Fsp3) is 0.400. The molecule has 0 bridgehead atoms. The zero-order valence-electron chi connectivity index (χ0n) is 16.0. The maximum atomic E-state index is 13.1. The van der Waals surface area contributed by atoms with Crippen molar-refractivity contribution in [3.63, 3.8) is 0 Å². The van der Waals surface area contributed by atoms with Crippen LogP contribution in [-0.4, -0.2) is 56.0 Å². The van der Waals surface area contributed by atoms with Gasteiger partial charge < -0.3 is 24.9 Å². The van der Waals surface area contributed by atoms with E-state index in [9.17, 15) is 9.18 Å². The number of furan rings is 1. The summed E-state index contributed by atoms with van der Waals surface area (Å²) in [4.78, 5) is 20.9. The fourth-order valence-corrected chi connectivity index (χ4v) is 3.06. The van der Waals surface area contributed by atoms with E-state index in [1.165, 1.54) is 12.1 Å². The molecule has 3 rings (SSSR count). The molecule has 2 N–H and O–H groups in total. The van der Waals surface area contributed by atoms with Crippen LogP contribution < -0.4 is 15.5 Å². The molecule has 2 heterocycles. The third-order valence-electron chi connectivity index (χ3n) is 4.52. The molecule has 1 amide bonds. The standard InChI is InChI=1S/C20H26FN5O2/c1-2-22-20(24-15-19(27)23-14-18-4-3-13-28-18)26-11-9-25(10-12-26)17-7-5-16(21)6-8-17/h3-8,13H,2,9-12,14-15H2,1H3,(H,22,24)(H,23,27). The molecule has 0 aliphatic carbocycles. The number of rotatable bonds is 6. The molecular formula is C20H26FN5O2. The molecular weight excluding hydrogens is 361 g/mol. The number of aliphatic imine (C=N–C) groups is 1. The summed E-state index contributed by atoms with van der Waals surface area (Å²) >= 11 is 0. The molecule has 0 unspecified atom stereocenters. The van der Waals surface area contributed by atoms with Crippen LogP contribution in [-0.2, 0) is 11.3 Å². The van der Waals surface area contributed by atoms with E-state index in [-0.39, 0.29) is 18.3 Å². The first-order valence-corrected chi connectivity index (χ1v) is 9.48. The SMILES string of the molecule is CCNC(=NCC(=O)NCc1ccco1)N1CCN(c2ccc(F)cc2)CC1.